The molecule has 0 spiro atoms. The Morgan fingerprint density at radius 1 is 1.56 bits per heavy atom. The molecule has 1 atom stereocenters. The van der Waals surface area contributed by atoms with Gasteiger partial charge < -0.3 is 4.74 Å². The second kappa shape index (κ2) is 5.48. The lowest BCUT2D eigenvalue weighted by molar-refractivity contribution is -0.146. The molecule has 16 heavy (non-hydrogen) atoms. The largest absolute Gasteiger partial charge is 0.465 e. The molecule has 0 bridgehead atoms. The van der Waals surface area contributed by atoms with Gasteiger partial charge in [0.1, 0.15) is 0 Å². The fourth-order valence-electron chi connectivity index (χ4n) is 2.53. The Bertz CT molecular complexity index is 326. The molecular weight excluding hydrogens is 220 g/mol. The maximum absolute atomic E-state index is 12.0. The summed E-state index contributed by atoms with van der Waals surface area (Å²) in [7, 11) is 0. The van der Waals surface area contributed by atoms with Crippen LogP contribution in [0.5, 0.6) is 0 Å². The Kier molecular flexibility index (Phi) is 3.99. The van der Waals surface area contributed by atoms with E-state index in [9.17, 15) is 4.79 Å². The lowest BCUT2D eigenvalue weighted by Gasteiger charge is -2.20. The van der Waals surface area contributed by atoms with Crippen molar-refractivity contribution in [2.24, 2.45) is 5.92 Å². The summed E-state index contributed by atoms with van der Waals surface area (Å²) in [6, 6.07) is 4.08. The highest BCUT2D eigenvalue weighted by Crippen LogP contribution is 2.39. The average Bonchev–Trinajstić information content (AvgIpc) is 2.91. The number of hydrogen-bond acceptors (Lipinski definition) is 3. The van der Waals surface area contributed by atoms with Gasteiger partial charge in [-0.1, -0.05) is 18.9 Å². The number of rotatable bonds is 4. The maximum atomic E-state index is 12.0. The van der Waals surface area contributed by atoms with Gasteiger partial charge in [0, 0.05) is 4.88 Å². The van der Waals surface area contributed by atoms with E-state index in [1.54, 1.807) is 11.3 Å². The van der Waals surface area contributed by atoms with E-state index < -0.39 is 0 Å². The third-order valence-corrected chi connectivity index (χ3v) is 4.22. The van der Waals surface area contributed by atoms with Crippen LogP contribution in [-0.2, 0) is 9.53 Å². The van der Waals surface area contributed by atoms with Crippen LogP contribution in [0.25, 0.3) is 0 Å². The van der Waals surface area contributed by atoms with Crippen molar-refractivity contribution in [1.82, 2.24) is 0 Å². The number of carbonyl (C=O) groups excluding carboxylic acids is 1. The molecule has 1 aliphatic rings. The zero-order valence-corrected chi connectivity index (χ0v) is 10.5. The van der Waals surface area contributed by atoms with E-state index in [4.69, 9.17) is 4.74 Å². The molecule has 0 N–H and O–H groups in total. The first-order valence-electron chi connectivity index (χ1n) is 6.03. The summed E-state index contributed by atoms with van der Waals surface area (Å²) in [6.07, 6.45) is 4.85. The first kappa shape index (κ1) is 11.6. The van der Waals surface area contributed by atoms with Crippen molar-refractivity contribution in [3.63, 3.8) is 0 Å². The normalized spacial score (nSPS) is 18.6. The molecule has 2 nitrogen and oxygen atoms in total. The third kappa shape index (κ3) is 2.46. The molecule has 3 heteroatoms. The van der Waals surface area contributed by atoms with Crippen molar-refractivity contribution in [2.75, 3.05) is 6.61 Å². The molecule has 1 heterocycles. The minimum Gasteiger partial charge on any atom is -0.465 e. The van der Waals surface area contributed by atoms with Gasteiger partial charge in [-0.2, -0.15) is 0 Å². The summed E-state index contributed by atoms with van der Waals surface area (Å²) in [5, 5.41) is 2.04. The molecule has 0 radical (unpaired) electrons. The fraction of sp³-hybridized carbons (Fsp3) is 0.615. The summed E-state index contributed by atoms with van der Waals surface area (Å²) in [5.41, 5.74) is 0. The molecule has 0 amide bonds. The minimum absolute atomic E-state index is 0.0116. The van der Waals surface area contributed by atoms with Crippen LogP contribution in [0.4, 0.5) is 0 Å². The van der Waals surface area contributed by atoms with Crippen LogP contribution in [0.3, 0.4) is 0 Å². The van der Waals surface area contributed by atoms with Crippen molar-refractivity contribution in [3.05, 3.63) is 22.4 Å². The van der Waals surface area contributed by atoms with Crippen LogP contribution in [0.1, 0.15) is 43.4 Å². The highest BCUT2D eigenvalue weighted by atomic mass is 32.1. The van der Waals surface area contributed by atoms with E-state index in [1.165, 1.54) is 30.6 Å². The second-order valence-electron chi connectivity index (χ2n) is 4.29. The Morgan fingerprint density at radius 3 is 2.88 bits per heavy atom. The van der Waals surface area contributed by atoms with Gasteiger partial charge in [-0.25, -0.2) is 0 Å². The SMILES string of the molecule is CCOC(=O)[C@H](c1cccs1)C1CCCC1. The highest BCUT2D eigenvalue weighted by molar-refractivity contribution is 7.10. The standard InChI is InChI=1S/C13H18O2S/c1-2-15-13(14)12(10-6-3-4-7-10)11-8-5-9-16-11/h5,8-10,12H,2-4,6-7H2,1H3/t12-/m0/s1. The molecule has 0 aromatic carbocycles. The van der Waals surface area contributed by atoms with Gasteiger partial charge >= 0.3 is 5.97 Å². The zero-order chi connectivity index (χ0) is 11.4. The predicted octanol–water partition coefficient (Wildman–Crippen LogP) is 3.59. The lowest BCUT2D eigenvalue weighted by Crippen LogP contribution is -2.21. The quantitative estimate of drug-likeness (QED) is 0.749. The van der Waals surface area contributed by atoms with E-state index in [1.807, 2.05) is 18.4 Å². The lowest BCUT2D eigenvalue weighted by atomic mass is 9.89. The molecule has 2 rings (SSSR count). The molecule has 1 saturated carbocycles. The first-order valence-corrected chi connectivity index (χ1v) is 6.91. The summed E-state index contributed by atoms with van der Waals surface area (Å²) in [5.74, 6) is 0.456. The van der Waals surface area contributed by atoms with Gasteiger partial charge in [0.05, 0.1) is 12.5 Å². The molecule has 1 aliphatic carbocycles. The van der Waals surface area contributed by atoms with Gasteiger partial charge in [-0.15, -0.1) is 11.3 Å². The molecule has 0 unspecified atom stereocenters. The number of esters is 1. The van der Waals surface area contributed by atoms with Crippen molar-refractivity contribution in [1.29, 1.82) is 0 Å². The second-order valence-corrected chi connectivity index (χ2v) is 5.27. The first-order chi connectivity index (χ1) is 7.83. The monoisotopic (exact) mass is 238 g/mol. The molecule has 1 aromatic rings. The average molecular weight is 238 g/mol. The predicted molar refractivity (Wildman–Crippen MR) is 65.7 cm³/mol. The molecule has 0 aliphatic heterocycles. The van der Waals surface area contributed by atoms with E-state index in [0.29, 0.717) is 12.5 Å². The van der Waals surface area contributed by atoms with Crippen LogP contribution < -0.4 is 0 Å². The smallest absolute Gasteiger partial charge is 0.314 e. The Hall–Kier alpha value is -0.830. The number of carbonyl (C=O) groups is 1. The summed E-state index contributed by atoms with van der Waals surface area (Å²) < 4.78 is 5.21. The van der Waals surface area contributed by atoms with Crippen molar-refractivity contribution in [2.45, 2.75) is 38.5 Å². The van der Waals surface area contributed by atoms with Crippen molar-refractivity contribution >= 4 is 17.3 Å². The van der Waals surface area contributed by atoms with Gasteiger partial charge in [0.2, 0.25) is 0 Å². The van der Waals surface area contributed by atoms with E-state index in [-0.39, 0.29) is 11.9 Å². The molecule has 0 saturated heterocycles. The number of thiophene rings is 1. The van der Waals surface area contributed by atoms with Crippen LogP contribution in [-0.4, -0.2) is 12.6 Å². The third-order valence-electron chi connectivity index (χ3n) is 3.26. The highest BCUT2D eigenvalue weighted by Gasteiger charge is 2.33. The fourth-order valence-corrected chi connectivity index (χ4v) is 3.44. The van der Waals surface area contributed by atoms with Crippen molar-refractivity contribution in [3.8, 4) is 0 Å². The van der Waals surface area contributed by atoms with E-state index in [0.717, 1.165) is 0 Å². The molecule has 88 valence electrons. The van der Waals surface area contributed by atoms with Gasteiger partial charge in [-0.05, 0) is 37.1 Å². The molecule has 1 fully saturated rings. The van der Waals surface area contributed by atoms with Gasteiger partial charge in [-0.3, -0.25) is 4.79 Å². The number of hydrogen-bond donors (Lipinski definition) is 0. The maximum Gasteiger partial charge on any atom is 0.314 e. The zero-order valence-electron chi connectivity index (χ0n) is 9.65. The summed E-state index contributed by atoms with van der Waals surface area (Å²) in [6.45, 7) is 2.35. The topological polar surface area (TPSA) is 26.3 Å². The molecular formula is C13H18O2S. The van der Waals surface area contributed by atoms with Gasteiger partial charge in [0.15, 0.2) is 0 Å². The summed E-state index contributed by atoms with van der Waals surface area (Å²) in [4.78, 5) is 13.2. The molecule has 1 aromatic heterocycles. The van der Waals surface area contributed by atoms with Crippen LogP contribution in [0, 0.1) is 5.92 Å². The van der Waals surface area contributed by atoms with Crippen LogP contribution in [0.2, 0.25) is 0 Å². The van der Waals surface area contributed by atoms with Crippen LogP contribution >= 0.6 is 11.3 Å². The Morgan fingerprint density at radius 2 is 2.31 bits per heavy atom. The van der Waals surface area contributed by atoms with E-state index >= 15 is 0 Å². The van der Waals surface area contributed by atoms with Gasteiger partial charge in [0.25, 0.3) is 0 Å². The Labute approximate surface area is 101 Å². The van der Waals surface area contributed by atoms with Crippen LogP contribution in [0.15, 0.2) is 17.5 Å². The minimum atomic E-state index is -0.0307. The Balaban J connectivity index is 2.15. The van der Waals surface area contributed by atoms with Crippen molar-refractivity contribution < 1.29 is 9.53 Å². The number of ether oxygens (including phenoxy) is 1. The summed E-state index contributed by atoms with van der Waals surface area (Å²) >= 11 is 1.67. The van der Waals surface area contributed by atoms with E-state index in [2.05, 4.69) is 6.07 Å².